The largest absolute Gasteiger partial charge is 0.340 e. The minimum atomic E-state index is -0.793. The number of hydrogen-bond donors (Lipinski definition) is 2. The van der Waals surface area contributed by atoms with Crippen molar-refractivity contribution in [2.45, 2.75) is 65.5 Å². The molecule has 0 aliphatic carbocycles. The number of carbonyl (C=O) groups is 2. The molecule has 0 fully saturated rings. The molecule has 1 aromatic heterocycles. The molecule has 1 heterocycles. The van der Waals surface area contributed by atoms with Crippen molar-refractivity contribution in [3.63, 3.8) is 0 Å². The maximum Gasteiger partial charge on any atom is 0.253 e. The summed E-state index contributed by atoms with van der Waals surface area (Å²) in [4.78, 5) is 25.2. The zero-order chi connectivity index (χ0) is 22.1. The number of rotatable bonds is 4. The Hall–Kier alpha value is -2.05. The van der Waals surface area contributed by atoms with E-state index in [0.29, 0.717) is 5.82 Å². The van der Waals surface area contributed by atoms with Gasteiger partial charge in [-0.25, -0.2) is 4.68 Å². The van der Waals surface area contributed by atoms with Crippen molar-refractivity contribution in [2.24, 2.45) is 0 Å². The average molecular weight is 439 g/mol. The van der Waals surface area contributed by atoms with Gasteiger partial charge < -0.3 is 10.6 Å². The molecule has 0 saturated carbocycles. The van der Waals surface area contributed by atoms with Gasteiger partial charge in [0.1, 0.15) is 11.9 Å². The lowest BCUT2D eigenvalue weighted by Crippen LogP contribution is -2.42. The first-order valence-corrected chi connectivity index (χ1v) is 10.1. The van der Waals surface area contributed by atoms with Crippen LogP contribution in [0.5, 0.6) is 0 Å². The highest BCUT2D eigenvalue weighted by atomic mass is 35.5. The van der Waals surface area contributed by atoms with Crippen molar-refractivity contribution in [1.82, 2.24) is 15.1 Å². The van der Waals surface area contributed by atoms with Crippen molar-refractivity contribution in [3.8, 4) is 0 Å². The van der Waals surface area contributed by atoms with Crippen LogP contribution in [-0.2, 0) is 15.7 Å². The van der Waals surface area contributed by atoms with Crippen LogP contribution in [0.15, 0.2) is 24.3 Å². The van der Waals surface area contributed by atoms with Gasteiger partial charge in [0, 0.05) is 11.5 Å². The predicted octanol–water partition coefficient (Wildman–Crippen LogP) is 5.00. The first-order chi connectivity index (χ1) is 13.2. The van der Waals surface area contributed by atoms with Crippen LogP contribution in [0.1, 0.15) is 64.5 Å². The Labute approximate surface area is 182 Å². The van der Waals surface area contributed by atoms with Gasteiger partial charge in [0.25, 0.3) is 5.91 Å². The van der Waals surface area contributed by atoms with Crippen LogP contribution in [0.3, 0.4) is 0 Å². The highest BCUT2D eigenvalue weighted by Gasteiger charge is 2.27. The van der Waals surface area contributed by atoms with Crippen molar-refractivity contribution < 1.29 is 9.59 Å². The van der Waals surface area contributed by atoms with Crippen molar-refractivity contribution >= 4 is 40.8 Å². The monoisotopic (exact) mass is 438 g/mol. The molecule has 0 spiro atoms. The molecule has 0 bridgehead atoms. The number of nitrogens with one attached hydrogen (secondary N) is 2. The van der Waals surface area contributed by atoms with Crippen LogP contribution < -0.4 is 10.6 Å². The molecule has 1 atom stereocenters. The number of halogens is 2. The normalized spacial score (nSPS) is 13.1. The van der Waals surface area contributed by atoms with Gasteiger partial charge in [-0.05, 0) is 39.8 Å². The molecule has 0 saturated heterocycles. The molecule has 8 heteroatoms. The molecule has 158 valence electrons. The quantitative estimate of drug-likeness (QED) is 0.704. The summed E-state index contributed by atoms with van der Waals surface area (Å²) < 4.78 is 1.79. The molecule has 2 rings (SSSR count). The zero-order valence-corrected chi connectivity index (χ0v) is 19.4. The number of aromatic nitrogens is 2. The molecule has 2 N–H and O–H groups in total. The molecule has 0 radical (unpaired) electrons. The van der Waals surface area contributed by atoms with Crippen LogP contribution in [-0.4, -0.2) is 27.6 Å². The van der Waals surface area contributed by atoms with Gasteiger partial charge in [-0.1, -0.05) is 50.0 Å². The summed E-state index contributed by atoms with van der Waals surface area (Å²) in [6, 6.07) is 5.85. The number of amides is 2. The molecule has 6 nitrogen and oxygen atoms in total. The minimum Gasteiger partial charge on any atom is -0.340 e. The second-order valence-electron chi connectivity index (χ2n) is 9.03. The summed E-state index contributed by atoms with van der Waals surface area (Å²) in [5.41, 5.74) is 0.588. The first-order valence-electron chi connectivity index (χ1n) is 9.38. The number of carbonyl (C=O) groups excluding carboxylic acids is 2. The Bertz CT molecular complexity index is 924. The van der Waals surface area contributed by atoms with E-state index < -0.39 is 11.9 Å². The van der Waals surface area contributed by atoms with Crippen LogP contribution in [0.2, 0.25) is 10.0 Å². The summed E-state index contributed by atoms with van der Waals surface area (Å²) >= 11 is 12.1. The lowest BCUT2D eigenvalue weighted by molar-refractivity contribution is -0.117. The Morgan fingerprint density at radius 3 is 2.28 bits per heavy atom. The summed E-state index contributed by atoms with van der Waals surface area (Å²) in [5.74, 6) is -0.253. The summed E-state index contributed by atoms with van der Waals surface area (Å²) in [5, 5.41) is 10.6. The Morgan fingerprint density at radius 2 is 1.72 bits per heavy atom. The van der Waals surface area contributed by atoms with E-state index in [2.05, 4.69) is 36.5 Å². The van der Waals surface area contributed by atoms with E-state index in [0.717, 1.165) is 5.69 Å². The second kappa shape index (κ2) is 8.36. The molecular formula is C21H28Cl2N4O2. The minimum absolute atomic E-state index is 0.153. The summed E-state index contributed by atoms with van der Waals surface area (Å²) in [7, 11) is 0. The van der Waals surface area contributed by atoms with E-state index >= 15 is 0 Å². The molecule has 0 aliphatic heterocycles. The van der Waals surface area contributed by atoms with Gasteiger partial charge in [-0.15, -0.1) is 0 Å². The molecule has 1 aromatic carbocycles. The molecular weight excluding hydrogens is 411 g/mol. The third-order valence-electron chi connectivity index (χ3n) is 4.30. The Balaban J connectivity index is 2.20. The van der Waals surface area contributed by atoms with Crippen LogP contribution in [0, 0.1) is 0 Å². The van der Waals surface area contributed by atoms with Crippen LogP contribution in [0.4, 0.5) is 5.82 Å². The fourth-order valence-corrected chi connectivity index (χ4v) is 2.99. The van der Waals surface area contributed by atoms with Crippen molar-refractivity contribution in [3.05, 3.63) is 45.6 Å². The molecule has 2 amide bonds. The lowest BCUT2D eigenvalue weighted by Gasteiger charge is -2.23. The smallest absolute Gasteiger partial charge is 0.253 e. The third kappa shape index (κ3) is 5.52. The maximum absolute atomic E-state index is 12.7. The van der Waals surface area contributed by atoms with E-state index in [1.807, 2.05) is 26.8 Å². The van der Waals surface area contributed by atoms with Crippen molar-refractivity contribution in [1.29, 1.82) is 0 Å². The van der Waals surface area contributed by atoms with Gasteiger partial charge in [0.15, 0.2) is 0 Å². The third-order valence-corrected chi connectivity index (χ3v) is 5.12. The SMILES string of the molecule is CC(NC(=O)c1cccc(Cl)c1Cl)C(=O)Nc1cc(C(C)(C)C)nn1C(C)(C)C. The topological polar surface area (TPSA) is 76.0 Å². The van der Waals surface area contributed by atoms with Crippen LogP contribution in [0.25, 0.3) is 0 Å². The first kappa shape index (κ1) is 23.2. The van der Waals surface area contributed by atoms with E-state index in [1.165, 1.54) is 0 Å². The van der Waals surface area contributed by atoms with Gasteiger partial charge in [-0.3, -0.25) is 9.59 Å². The highest BCUT2D eigenvalue weighted by Crippen LogP contribution is 2.28. The summed E-state index contributed by atoms with van der Waals surface area (Å²) in [6.07, 6.45) is 0. The fraction of sp³-hybridized carbons (Fsp3) is 0.476. The van der Waals surface area contributed by atoms with Gasteiger partial charge >= 0.3 is 0 Å². The second-order valence-corrected chi connectivity index (χ2v) is 9.82. The van der Waals surface area contributed by atoms with E-state index in [4.69, 9.17) is 23.2 Å². The maximum atomic E-state index is 12.7. The fourth-order valence-electron chi connectivity index (χ4n) is 2.60. The van der Waals surface area contributed by atoms with Gasteiger partial charge in [0.2, 0.25) is 5.91 Å². The molecule has 1 unspecified atom stereocenters. The number of hydrogen-bond acceptors (Lipinski definition) is 3. The van der Waals surface area contributed by atoms with Crippen LogP contribution >= 0.6 is 23.2 Å². The number of anilines is 1. The predicted molar refractivity (Wildman–Crippen MR) is 118 cm³/mol. The Kier molecular flexibility index (Phi) is 6.70. The Morgan fingerprint density at radius 1 is 1.10 bits per heavy atom. The van der Waals surface area contributed by atoms with Crippen molar-refractivity contribution in [2.75, 3.05) is 5.32 Å². The molecule has 29 heavy (non-hydrogen) atoms. The van der Waals surface area contributed by atoms with Gasteiger partial charge in [-0.2, -0.15) is 5.10 Å². The molecule has 0 aliphatic rings. The zero-order valence-electron chi connectivity index (χ0n) is 17.9. The lowest BCUT2D eigenvalue weighted by atomic mass is 9.92. The van der Waals surface area contributed by atoms with Gasteiger partial charge in [0.05, 0.1) is 26.8 Å². The number of nitrogens with zero attached hydrogens (tertiary/aromatic N) is 2. The van der Waals surface area contributed by atoms with E-state index in [9.17, 15) is 9.59 Å². The van der Waals surface area contributed by atoms with E-state index in [-0.39, 0.29) is 32.5 Å². The molecule has 2 aromatic rings. The average Bonchev–Trinajstić information content (AvgIpc) is 3.01. The standard InChI is InChI=1S/C21H28Cl2N4O2/c1-12(24-19(29)13-9-8-10-14(22)17(13)23)18(28)25-16-11-15(20(2,3)4)26-27(16)21(5,6)7/h8-12H,1-7H3,(H,24,29)(H,25,28). The van der Waals surface area contributed by atoms with E-state index in [1.54, 1.807) is 29.8 Å². The highest BCUT2D eigenvalue weighted by molar-refractivity contribution is 6.43. The number of benzene rings is 1. The summed E-state index contributed by atoms with van der Waals surface area (Å²) in [6.45, 7) is 13.8.